The Labute approximate surface area is 165 Å². The summed E-state index contributed by atoms with van der Waals surface area (Å²) in [5.74, 6) is -0.605. The lowest BCUT2D eigenvalue weighted by atomic mass is 10.1. The first-order valence-corrected chi connectivity index (χ1v) is 9.25. The summed E-state index contributed by atoms with van der Waals surface area (Å²) in [7, 11) is 0. The summed E-state index contributed by atoms with van der Waals surface area (Å²) >= 11 is 6.00. The fraction of sp³-hybridized carbons (Fsp3) is 0.136. The average Bonchev–Trinajstić information content (AvgIpc) is 3.03. The van der Waals surface area contributed by atoms with E-state index < -0.39 is 5.97 Å². The van der Waals surface area contributed by atoms with Gasteiger partial charge < -0.3 is 14.8 Å². The van der Waals surface area contributed by atoms with E-state index in [1.807, 2.05) is 24.3 Å². The number of aromatic amines is 1. The second-order valence-electron chi connectivity index (χ2n) is 6.55. The highest BCUT2D eigenvalue weighted by molar-refractivity contribution is 6.31. The number of carboxylic acids is 1. The summed E-state index contributed by atoms with van der Waals surface area (Å²) < 4.78 is 19.3. The van der Waals surface area contributed by atoms with Gasteiger partial charge in [-0.1, -0.05) is 29.8 Å². The van der Waals surface area contributed by atoms with Crippen LogP contribution in [0.25, 0.3) is 21.7 Å². The number of hydrogen-bond donors (Lipinski definition) is 2. The third-order valence-electron chi connectivity index (χ3n) is 4.71. The summed E-state index contributed by atoms with van der Waals surface area (Å²) in [6.07, 6.45) is 1.18. The molecule has 0 radical (unpaired) electrons. The number of halogens is 2. The topological polar surface area (TPSA) is 62.3 Å². The lowest BCUT2D eigenvalue weighted by Crippen LogP contribution is -2.04. The smallest absolute Gasteiger partial charge is 0.352 e. The Hall–Kier alpha value is -3.05. The molecule has 0 saturated heterocycles. The van der Waals surface area contributed by atoms with Crippen LogP contribution in [0.1, 0.15) is 22.5 Å². The van der Waals surface area contributed by atoms with Gasteiger partial charge in [-0.3, -0.25) is 0 Å². The Morgan fingerprint density at radius 3 is 2.75 bits per heavy atom. The van der Waals surface area contributed by atoms with Crippen LogP contribution in [-0.4, -0.2) is 22.7 Å². The second kappa shape index (κ2) is 7.52. The Morgan fingerprint density at radius 2 is 1.93 bits per heavy atom. The highest BCUT2D eigenvalue weighted by Crippen LogP contribution is 2.28. The minimum Gasteiger partial charge on any atom is -0.493 e. The van der Waals surface area contributed by atoms with E-state index in [4.69, 9.17) is 16.3 Å². The van der Waals surface area contributed by atoms with Crippen LogP contribution < -0.4 is 4.74 Å². The first-order valence-electron chi connectivity index (χ1n) is 8.87. The van der Waals surface area contributed by atoms with Crippen molar-refractivity contribution in [2.45, 2.75) is 12.8 Å². The quantitative estimate of drug-likeness (QED) is 0.403. The number of benzene rings is 3. The number of rotatable bonds is 6. The molecule has 0 amide bonds. The number of carboxylic acid groups (broad SMARTS) is 1. The number of aryl methyl sites for hydroxylation is 1. The number of aromatic nitrogens is 1. The maximum Gasteiger partial charge on any atom is 0.352 e. The largest absolute Gasteiger partial charge is 0.493 e. The van der Waals surface area contributed by atoms with Crippen molar-refractivity contribution < 1.29 is 19.0 Å². The molecule has 0 aliphatic rings. The van der Waals surface area contributed by atoms with Gasteiger partial charge in [0.15, 0.2) is 0 Å². The molecule has 1 heterocycles. The van der Waals surface area contributed by atoms with Crippen molar-refractivity contribution in [3.05, 3.63) is 76.7 Å². The standard InChI is InChI=1S/C22H17ClFNO3/c23-14-6-8-17-18(21(22(26)27)25-19(17)12-14)4-2-10-28-20-5-1-3-13-11-15(24)7-9-16(13)20/h1,3,5-9,11-12,25H,2,4,10H2,(H,26,27). The number of fused-ring (bicyclic) bond motifs is 2. The summed E-state index contributed by atoms with van der Waals surface area (Å²) in [6, 6.07) is 15.4. The molecule has 28 heavy (non-hydrogen) atoms. The normalized spacial score (nSPS) is 11.2. The fourth-order valence-corrected chi connectivity index (χ4v) is 3.62. The first kappa shape index (κ1) is 18.3. The predicted molar refractivity (Wildman–Crippen MR) is 108 cm³/mol. The van der Waals surface area contributed by atoms with Crippen LogP contribution in [0, 0.1) is 5.82 Å². The van der Waals surface area contributed by atoms with Crippen LogP contribution in [-0.2, 0) is 6.42 Å². The number of H-pyrrole nitrogens is 1. The molecule has 142 valence electrons. The minimum atomic E-state index is -1.00. The van der Waals surface area contributed by atoms with Crippen molar-refractivity contribution in [3.8, 4) is 5.75 Å². The molecule has 0 aliphatic heterocycles. The third kappa shape index (κ3) is 3.53. The lowest BCUT2D eigenvalue weighted by molar-refractivity contribution is 0.0690. The highest BCUT2D eigenvalue weighted by Gasteiger charge is 2.17. The van der Waals surface area contributed by atoms with Gasteiger partial charge in [-0.15, -0.1) is 0 Å². The van der Waals surface area contributed by atoms with E-state index >= 15 is 0 Å². The second-order valence-corrected chi connectivity index (χ2v) is 6.98. The van der Waals surface area contributed by atoms with Gasteiger partial charge in [-0.25, -0.2) is 9.18 Å². The van der Waals surface area contributed by atoms with Crippen LogP contribution in [0.5, 0.6) is 5.75 Å². The van der Waals surface area contributed by atoms with E-state index in [-0.39, 0.29) is 11.5 Å². The zero-order valence-corrected chi connectivity index (χ0v) is 15.6. The van der Waals surface area contributed by atoms with Gasteiger partial charge in [-0.05, 0) is 60.2 Å². The van der Waals surface area contributed by atoms with Crippen molar-refractivity contribution in [1.82, 2.24) is 4.98 Å². The molecule has 2 N–H and O–H groups in total. The molecule has 4 aromatic rings. The van der Waals surface area contributed by atoms with Gasteiger partial charge in [0.1, 0.15) is 17.3 Å². The van der Waals surface area contributed by atoms with Crippen LogP contribution in [0.15, 0.2) is 54.6 Å². The molecule has 0 bridgehead atoms. The molecule has 0 saturated carbocycles. The maximum absolute atomic E-state index is 13.4. The summed E-state index contributed by atoms with van der Waals surface area (Å²) in [5, 5.41) is 12.5. The number of carbonyl (C=O) groups is 1. The molecule has 0 aliphatic carbocycles. The van der Waals surface area contributed by atoms with Crippen LogP contribution >= 0.6 is 11.6 Å². The Kier molecular flexibility index (Phi) is 4.92. The average molecular weight is 398 g/mol. The molecular formula is C22H17ClFNO3. The molecule has 0 fully saturated rings. The van der Waals surface area contributed by atoms with Crippen LogP contribution in [0.4, 0.5) is 4.39 Å². The van der Waals surface area contributed by atoms with Gasteiger partial charge in [0, 0.05) is 21.3 Å². The third-order valence-corrected chi connectivity index (χ3v) is 4.95. The Bertz CT molecular complexity index is 1190. The van der Waals surface area contributed by atoms with E-state index in [0.29, 0.717) is 35.7 Å². The molecule has 0 unspecified atom stereocenters. The Morgan fingerprint density at radius 1 is 1.11 bits per heavy atom. The molecule has 4 rings (SSSR count). The number of ether oxygens (including phenoxy) is 1. The van der Waals surface area contributed by atoms with Gasteiger partial charge in [0.2, 0.25) is 0 Å². The van der Waals surface area contributed by atoms with Crippen LogP contribution in [0.2, 0.25) is 5.02 Å². The Balaban J connectivity index is 1.50. The van der Waals surface area contributed by atoms with E-state index in [1.165, 1.54) is 12.1 Å². The molecular weight excluding hydrogens is 381 g/mol. The molecule has 1 aromatic heterocycles. The van der Waals surface area contributed by atoms with Gasteiger partial charge >= 0.3 is 5.97 Å². The maximum atomic E-state index is 13.4. The van der Waals surface area contributed by atoms with E-state index in [2.05, 4.69) is 4.98 Å². The van der Waals surface area contributed by atoms with Crippen molar-refractivity contribution in [1.29, 1.82) is 0 Å². The van der Waals surface area contributed by atoms with E-state index in [9.17, 15) is 14.3 Å². The zero-order valence-electron chi connectivity index (χ0n) is 14.8. The molecule has 4 nitrogen and oxygen atoms in total. The first-order chi connectivity index (χ1) is 13.5. The lowest BCUT2D eigenvalue weighted by Gasteiger charge is -2.09. The van der Waals surface area contributed by atoms with Crippen molar-refractivity contribution in [2.75, 3.05) is 6.61 Å². The number of nitrogens with one attached hydrogen (secondary N) is 1. The van der Waals surface area contributed by atoms with Crippen molar-refractivity contribution >= 4 is 39.2 Å². The van der Waals surface area contributed by atoms with Gasteiger partial charge in [0.05, 0.1) is 6.61 Å². The van der Waals surface area contributed by atoms with Crippen LogP contribution in [0.3, 0.4) is 0 Å². The predicted octanol–water partition coefficient (Wildman–Crippen LogP) is 5.82. The zero-order chi connectivity index (χ0) is 19.7. The summed E-state index contributed by atoms with van der Waals surface area (Å²) in [5.41, 5.74) is 1.62. The molecule has 6 heteroatoms. The van der Waals surface area contributed by atoms with E-state index in [0.717, 1.165) is 21.7 Å². The highest BCUT2D eigenvalue weighted by atomic mass is 35.5. The van der Waals surface area contributed by atoms with Gasteiger partial charge in [0.25, 0.3) is 0 Å². The summed E-state index contributed by atoms with van der Waals surface area (Å²) in [6.45, 7) is 0.413. The van der Waals surface area contributed by atoms with Crippen molar-refractivity contribution in [2.24, 2.45) is 0 Å². The number of hydrogen-bond acceptors (Lipinski definition) is 2. The number of aromatic carboxylic acids is 1. The minimum absolute atomic E-state index is 0.179. The van der Waals surface area contributed by atoms with E-state index in [1.54, 1.807) is 18.2 Å². The van der Waals surface area contributed by atoms with Gasteiger partial charge in [-0.2, -0.15) is 0 Å². The fourth-order valence-electron chi connectivity index (χ4n) is 3.45. The SMILES string of the molecule is O=C(O)c1[nH]c2cc(Cl)ccc2c1CCCOc1cccc2cc(F)ccc12. The monoisotopic (exact) mass is 397 g/mol. The summed E-state index contributed by atoms with van der Waals surface area (Å²) in [4.78, 5) is 14.5. The molecule has 0 spiro atoms. The molecule has 3 aromatic carbocycles. The van der Waals surface area contributed by atoms with Crippen molar-refractivity contribution in [3.63, 3.8) is 0 Å². The molecule has 0 atom stereocenters.